The molecule has 0 aromatic heterocycles. The van der Waals surface area contributed by atoms with E-state index in [1.807, 2.05) is 13.0 Å². The molecule has 2 aromatic carbocycles. The van der Waals surface area contributed by atoms with Crippen molar-refractivity contribution in [1.82, 2.24) is 5.32 Å². The number of dihydropyridines is 1. The maximum atomic E-state index is 13.0. The van der Waals surface area contributed by atoms with Gasteiger partial charge in [0.25, 0.3) is 0 Å². The molecule has 1 atom stereocenters. The summed E-state index contributed by atoms with van der Waals surface area (Å²) in [6, 6.07) is 14.4. The zero-order valence-electron chi connectivity index (χ0n) is 20.0. The maximum Gasteiger partial charge on any atom is 0.336 e. The van der Waals surface area contributed by atoms with E-state index in [2.05, 4.69) is 16.7 Å². The number of nitrogens with zero attached hydrogens (tertiary/aromatic N) is 1. The van der Waals surface area contributed by atoms with E-state index in [4.69, 9.17) is 32.7 Å². The minimum Gasteiger partial charge on any atom is -0.460 e. The van der Waals surface area contributed by atoms with Gasteiger partial charge in [0.05, 0.1) is 40.5 Å². The molecule has 1 amide bonds. The number of thioether (sulfide) groups is 1. The molecule has 0 radical (unpaired) electrons. The van der Waals surface area contributed by atoms with Crippen molar-refractivity contribution in [1.29, 1.82) is 5.26 Å². The number of halogens is 2. The third kappa shape index (κ3) is 6.83. The Balaban J connectivity index is 1.86. The number of esters is 1. The zero-order valence-corrected chi connectivity index (χ0v) is 22.3. The van der Waals surface area contributed by atoms with E-state index in [1.54, 1.807) is 43.3 Å². The van der Waals surface area contributed by atoms with Crippen LogP contribution in [0.1, 0.15) is 24.0 Å². The van der Waals surface area contributed by atoms with Crippen LogP contribution in [0.15, 0.2) is 64.3 Å². The standard InChI is InChI=1S/C26H25Cl2N3O4S/c1-15-4-9-19(12-21(15)28)31-22(32)14-36-25-20(13-29)24(17-5-7-18(27)8-6-17)23(16(2)30-25)26(33)35-11-10-34-3/h4-9,12,24,30H,10-11,14H2,1-3H3,(H,31,32). The first-order valence-corrected chi connectivity index (χ1v) is 12.7. The number of carbonyl (C=O) groups is 2. The number of nitrogens with one attached hydrogen (secondary N) is 2. The van der Waals surface area contributed by atoms with Gasteiger partial charge in [-0.15, -0.1) is 0 Å². The third-order valence-electron chi connectivity index (χ3n) is 5.39. The van der Waals surface area contributed by atoms with Gasteiger partial charge in [-0.2, -0.15) is 5.26 Å². The number of carbonyl (C=O) groups excluding carboxylic acids is 2. The van der Waals surface area contributed by atoms with Gasteiger partial charge in [0.1, 0.15) is 6.61 Å². The SMILES string of the molecule is COCCOC(=O)C1=C(C)NC(SCC(=O)Nc2ccc(C)c(Cl)c2)=C(C#N)C1c1ccc(Cl)cc1. The number of hydrogen-bond donors (Lipinski definition) is 2. The van der Waals surface area contributed by atoms with Gasteiger partial charge < -0.3 is 20.1 Å². The summed E-state index contributed by atoms with van der Waals surface area (Å²) in [5.74, 6) is -1.47. The van der Waals surface area contributed by atoms with Crippen LogP contribution in [0, 0.1) is 18.3 Å². The Bertz CT molecular complexity index is 1250. The summed E-state index contributed by atoms with van der Waals surface area (Å²) in [6.07, 6.45) is 0. The molecule has 188 valence electrons. The van der Waals surface area contributed by atoms with Gasteiger partial charge in [0.2, 0.25) is 5.91 Å². The Morgan fingerprint density at radius 1 is 1.14 bits per heavy atom. The average molecular weight is 546 g/mol. The Kier molecular flexibility index (Phi) is 9.85. The number of hydrogen-bond acceptors (Lipinski definition) is 7. The summed E-state index contributed by atoms with van der Waals surface area (Å²) in [5, 5.41) is 17.6. The molecule has 1 aliphatic heterocycles. The lowest BCUT2D eigenvalue weighted by atomic mass is 9.82. The first kappa shape index (κ1) is 27.6. The number of methoxy groups -OCH3 is 1. The van der Waals surface area contributed by atoms with Crippen molar-refractivity contribution in [2.24, 2.45) is 0 Å². The van der Waals surface area contributed by atoms with Gasteiger partial charge >= 0.3 is 5.97 Å². The predicted octanol–water partition coefficient (Wildman–Crippen LogP) is 5.56. The molecule has 0 saturated carbocycles. The molecule has 10 heteroatoms. The Morgan fingerprint density at radius 2 is 1.86 bits per heavy atom. The molecular weight excluding hydrogens is 521 g/mol. The second kappa shape index (κ2) is 12.8. The number of allylic oxidation sites excluding steroid dienone is 2. The fourth-order valence-electron chi connectivity index (χ4n) is 3.59. The predicted molar refractivity (Wildman–Crippen MR) is 143 cm³/mol. The second-order valence-electron chi connectivity index (χ2n) is 7.93. The van der Waals surface area contributed by atoms with E-state index < -0.39 is 11.9 Å². The van der Waals surface area contributed by atoms with Crippen LogP contribution in [-0.2, 0) is 19.1 Å². The first-order valence-electron chi connectivity index (χ1n) is 11.0. The van der Waals surface area contributed by atoms with Crippen molar-refractivity contribution in [2.75, 3.05) is 31.4 Å². The van der Waals surface area contributed by atoms with Crippen LogP contribution in [0.2, 0.25) is 10.0 Å². The maximum absolute atomic E-state index is 13.0. The molecule has 2 aromatic rings. The van der Waals surface area contributed by atoms with Crippen molar-refractivity contribution in [2.45, 2.75) is 19.8 Å². The summed E-state index contributed by atoms with van der Waals surface area (Å²) in [5.41, 5.74) is 3.34. The monoisotopic (exact) mass is 545 g/mol. The highest BCUT2D eigenvalue weighted by molar-refractivity contribution is 8.03. The summed E-state index contributed by atoms with van der Waals surface area (Å²) in [4.78, 5) is 25.6. The van der Waals surface area contributed by atoms with Gasteiger partial charge in [-0.1, -0.05) is 53.2 Å². The van der Waals surface area contributed by atoms with Crippen molar-refractivity contribution in [3.8, 4) is 6.07 Å². The lowest BCUT2D eigenvalue weighted by Crippen LogP contribution is -2.29. The molecular formula is C26H25Cl2N3O4S. The lowest BCUT2D eigenvalue weighted by Gasteiger charge is -2.29. The number of aryl methyl sites for hydroxylation is 1. The summed E-state index contributed by atoms with van der Waals surface area (Å²) < 4.78 is 10.3. The molecule has 0 saturated heterocycles. The second-order valence-corrected chi connectivity index (χ2v) is 9.76. The Labute approximate surface area is 224 Å². The summed E-state index contributed by atoms with van der Waals surface area (Å²) in [6.45, 7) is 3.94. The van der Waals surface area contributed by atoms with Crippen LogP contribution in [0.5, 0.6) is 0 Å². The van der Waals surface area contributed by atoms with Gasteiger partial charge in [0, 0.05) is 28.5 Å². The molecule has 2 N–H and O–H groups in total. The lowest BCUT2D eigenvalue weighted by molar-refractivity contribution is -0.140. The van der Waals surface area contributed by atoms with E-state index in [-0.39, 0.29) is 24.9 Å². The zero-order chi connectivity index (χ0) is 26.2. The summed E-state index contributed by atoms with van der Waals surface area (Å²) >= 11 is 13.4. The molecule has 3 rings (SSSR count). The largest absolute Gasteiger partial charge is 0.460 e. The number of rotatable bonds is 9. The van der Waals surface area contributed by atoms with Crippen LogP contribution < -0.4 is 10.6 Å². The van der Waals surface area contributed by atoms with Crippen LogP contribution in [0.3, 0.4) is 0 Å². The van der Waals surface area contributed by atoms with E-state index in [9.17, 15) is 14.9 Å². The molecule has 0 fully saturated rings. The molecule has 1 heterocycles. The van der Waals surface area contributed by atoms with Crippen LogP contribution >= 0.6 is 35.0 Å². The van der Waals surface area contributed by atoms with Gasteiger partial charge in [0.15, 0.2) is 0 Å². The molecule has 0 bridgehead atoms. The fourth-order valence-corrected chi connectivity index (χ4v) is 4.78. The van der Waals surface area contributed by atoms with Crippen molar-refractivity contribution >= 4 is 52.5 Å². The highest BCUT2D eigenvalue weighted by Crippen LogP contribution is 2.41. The molecule has 36 heavy (non-hydrogen) atoms. The van der Waals surface area contributed by atoms with Crippen LogP contribution in [0.25, 0.3) is 0 Å². The van der Waals surface area contributed by atoms with E-state index in [1.165, 1.54) is 18.9 Å². The van der Waals surface area contributed by atoms with E-state index >= 15 is 0 Å². The van der Waals surface area contributed by atoms with Crippen molar-refractivity contribution < 1.29 is 19.1 Å². The topological polar surface area (TPSA) is 100 Å². The molecule has 0 spiro atoms. The normalized spacial score (nSPS) is 15.3. The highest BCUT2D eigenvalue weighted by atomic mass is 35.5. The Hall–Kier alpha value is -2.96. The number of amides is 1. The van der Waals surface area contributed by atoms with Crippen LogP contribution in [-0.4, -0.2) is 38.0 Å². The first-order chi connectivity index (χ1) is 17.2. The third-order valence-corrected chi connectivity index (χ3v) is 7.07. The fraction of sp³-hybridized carbons (Fsp3) is 0.269. The van der Waals surface area contributed by atoms with E-state index in [0.29, 0.717) is 43.2 Å². The van der Waals surface area contributed by atoms with Crippen molar-refractivity contribution in [3.63, 3.8) is 0 Å². The minimum atomic E-state index is -0.690. The number of anilines is 1. The molecule has 7 nitrogen and oxygen atoms in total. The smallest absolute Gasteiger partial charge is 0.336 e. The molecule has 1 unspecified atom stereocenters. The summed E-state index contributed by atoms with van der Waals surface area (Å²) in [7, 11) is 1.51. The number of nitriles is 1. The number of benzene rings is 2. The van der Waals surface area contributed by atoms with E-state index in [0.717, 1.165) is 5.56 Å². The highest BCUT2D eigenvalue weighted by Gasteiger charge is 2.35. The van der Waals surface area contributed by atoms with Crippen molar-refractivity contribution in [3.05, 3.63) is 85.5 Å². The van der Waals surface area contributed by atoms with Gasteiger partial charge in [-0.3, -0.25) is 4.79 Å². The van der Waals surface area contributed by atoms with Gasteiger partial charge in [-0.25, -0.2) is 4.79 Å². The minimum absolute atomic E-state index is 0.0350. The average Bonchev–Trinajstić information content (AvgIpc) is 2.85. The molecule has 0 aliphatic carbocycles. The molecule has 1 aliphatic rings. The number of ether oxygens (including phenoxy) is 2. The Morgan fingerprint density at radius 3 is 2.50 bits per heavy atom. The van der Waals surface area contributed by atoms with Crippen LogP contribution in [0.4, 0.5) is 5.69 Å². The quantitative estimate of drug-likeness (QED) is 0.314. The van der Waals surface area contributed by atoms with Gasteiger partial charge in [-0.05, 0) is 49.2 Å².